The quantitative estimate of drug-likeness (QED) is 0.107. The van der Waals surface area contributed by atoms with Crippen molar-refractivity contribution in [2.45, 2.75) is 94.2 Å². The molecular formula is C44H54N2O5. The number of furan rings is 1. The van der Waals surface area contributed by atoms with Gasteiger partial charge in [-0.15, -0.1) is 0 Å². The third-order valence-corrected chi connectivity index (χ3v) is 9.17. The van der Waals surface area contributed by atoms with Gasteiger partial charge in [0.05, 0.1) is 17.7 Å². The normalized spacial score (nSPS) is 15.9. The van der Waals surface area contributed by atoms with Gasteiger partial charge in [-0.2, -0.15) is 0 Å². The van der Waals surface area contributed by atoms with Crippen LogP contribution in [0.5, 0.6) is 0 Å². The van der Waals surface area contributed by atoms with Gasteiger partial charge >= 0.3 is 5.97 Å². The van der Waals surface area contributed by atoms with Crippen molar-refractivity contribution in [1.29, 1.82) is 0 Å². The summed E-state index contributed by atoms with van der Waals surface area (Å²) in [5.41, 5.74) is 9.87. The Morgan fingerprint density at radius 2 is 1.49 bits per heavy atom. The molecule has 3 aromatic carbocycles. The molecule has 4 aromatic rings. The third kappa shape index (κ3) is 10.5. The summed E-state index contributed by atoms with van der Waals surface area (Å²) in [6, 6.07) is 25.3. The van der Waals surface area contributed by atoms with Crippen LogP contribution in [0.4, 0.5) is 0 Å². The van der Waals surface area contributed by atoms with E-state index in [4.69, 9.17) is 9.15 Å². The first-order valence-corrected chi connectivity index (χ1v) is 17.7. The van der Waals surface area contributed by atoms with Gasteiger partial charge in [-0.1, -0.05) is 92.1 Å². The Morgan fingerprint density at radius 1 is 0.863 bits per heavy atom. The third-order valence-electron chi connectivity index (χ3n) is 9.17. The van der Waals surface area contributed by atoms with Crippen molar-refractivity contribution in [2.24, 2.45) is 17.3 Å². The molecule has 51 heavy (non-hydrogen) atoms. The van der Waals surface area contributed by atoms with Crippen molar-refractivity contribution >= 4 is 17.8 Å². The van der Waals surface area contributed by atoms with Crippen molar-refractivity contribution in [2.75, 3.05) is 0 Å². The number of benzene rings is 3. The molecule has 0 aliphatic heterocycles. The topological polar surface area (TPSA) is 88.8 Å². The lowest BCUT2D eigenvalue weighted by atomic mass is 10.0. The summed E-state index contributed by atoms with van der Waals surface area (Å²) in [6.45, 7) is 20.3. The Labute approximate surface area is 304 Å². The van der Waals surface area contributed by atoms with Crippen LogP contribution in [-0.2, 0) is 29.0 Å². The maximum atomic E-state index is 13.1. The zero-order chi connectivity index (χ0) is 37.5. The van der Waals surface area contributed by atoms with E-state index in [0.717, 1.165) is 35.3 Å². The Balaban J connectivity index is 0.000000229. The van der Waals surface area contributed by atoms with Crippen molar-refractivity contribution in [3.8, 4) is 0 Å². The molecule has 0 bridgehead atoms. The second-order valence-electron chi connectivity index (χ2n) is 15.4. The molecule has 7 heteroatoms. The smallest absolute Gasteiger partial charge is 0.310 e. The number of nitrogens with zero attached hydrogens (tertiary/aromatic N) is 1. The number of carbonyl (C=O) groups is 3. The second kappa shape index (κ2) is 16.4. The summed E-state index contributed by atoms with van der Waals surface area (Å²) >= 11 is 0. The van der Waals surface area contributed by atoms with Gasteiger partial charge in [-0.25, -0.2) is 5.01 Å². The largest absolute Gasteiger partial charge is 0.469 e. The fourth-order valence-electron chi connectivity index (χ4n) is 6.24. The van der Waals surface area contributed by atoms with E-state index in [0.29, 0.717) is 11.1 Å². The number of rotatable bonds is 9. The number of hydrazine groups is 1. The Bertz CT molecular complexity index is 1820. The van der Waals surface area contributed by atoms with Gasteiger partial charge in [0.1, 0.15) is 12.4 Å². The van der Waals surface area contributed by atoms with Gasteiger partial charge in [0, 0.05) is 23.1 Å². The van der Waals surface area contributed by atoms with E-state index in [1.807, 2.05) is 89.2 Å². The molecule has 1 aliphatic rings. The number of ether oxygens (including phenoxy) is 1. The highest BCUT2D eigenvalue weighted by Crippen LogP contribution is 2.59. The van der Waals surface area contributed by atoms with Crippen LogP contribution < -0.4 is 5.43 Å². The molecule has 2 amide bonds. The van der Waals surface area contributed by atoms with Gasteiger partial charge in [0.15, 0.2) is 0 Å². The summed E-state index contributed by atoms with van der Waals surface area (Å²) in [5.74, 6) is 0.494. The summed E-state index contributed by atoms with van der Waals surface area (Å²) in [6.07, 6.45) is 5.52. The zero-order valence-corrected chi connectivity index (χ0v) is 31.9. The molecule has 2 unspecified atom stereocenters. The molecule has 0 radical (unpaired) electrons. The molecule has 7 nitrogen and oxygen atoms in total. The zero-order valence-electron chi connectivity index (χ0n) is 31.9. The van der Waals surface area contributed by atoms with Crippen molar-refractivity contribution in [1.82, 2.24) is 10.4 Å². The van der Waals surface area contributed by atoms with E-state index in [1.165, 1.54) is 21.7 Å². The Kier molecular flexibility index (Phi) is 12.5. The minimum absolute atomic E-state index is 0.0107. The summed E-state index contributed by atoms with van der Waals surface area (Å²) < 4.78 is 11.1. The molecule has 1 heterocycles. The van der Waals surface area contributed by atoms with E-state index < -0.39 is 5.54 Å². The van der Waals surface area contributed by atoms with Crippen LogP contribution in [0, 0.1) is 31.1 Å². The van der Waals surface area contributed by atoms with Gasteiger partial charge < -0.3 is 9.15 Å². The van der Waals surface area contributed by atoms with E-state index in [1.54, 1.807) is 18.4 Å². The van der Waals surface area contributed by atoms with Crippen LogP contribution in [0.1, 0.15) is 110 Å². The number of carbonyl (C=O) groups excluding carboxylic acids is 3. The second-order valence-corrected chi connectivity index (χ2v) is 15.4. The molecule has 0 saturated heterocycles. The number of esters is 1. The maximum absolute atomic E-state index is 13.1. The Morgan fingerprint density at radius 3 is 2.06 bits per heavy atom. The number of hydrogen-bond acceptors (Lipinski definition) is 5. The number of allylic oxidation sites excluding steroid dienone is 2. The van der Waals surface area contributed by atoms with Crippen molar-refractivity contribution in [3.63, 3.8) is 0 Å². The number of aryl methyl sites for hydroxylation is 3. The van der Waals surface area contributed by atoms with Crippen LogP contribution in [0.15, 0.2) is 101 Å². The number of hydrogen-bond donors (Lipinski definition) is 1. The van der Waals surface area contributed by atoms with Gasteiger partial charge in [-0.05, 0) is 108 Å². The fraction of sp³-hybridized carbons (Fsp3) is 0.386. The molecule has 5 rings (SSSR count). The molecule has 1 N–H and O–H groups in total. The van der Waals surface area contributed by atoms with E-state index in [-0.39, 0.29) is 41.6 Å². The van der Waals surface area contributed by atoms with E-state index in [2.05, 4.69) is 58.3 Å². The molecular weight excluding hydrogens is 636 g/mol. The fourth-order valence-corrected chi connectivity index (χ4v) is 6.24. The van der Waals surface area contributed by atoms with Crippen molar-refractivity contribution in [3.05, 3.63) is 141 Å². The van der Waals surface area contributed by atoms with Gasteiger partial charge in [0.25, 0.3) is 11.8 Å². The monoisotopic (exact) mass is 690 g/mol. The van der Waals surface area contributed by atoms with Crippen LogP contribution in [0.3, 0.4) is 0 Å². The molecule has 1 aromatic heterocycles. The molecule has 270 valence electrons. The molecule has 1 saturated carbocycles. The number of amides is 2. The van der Waals surface area contributed by atoms with Crippen LogP contribution >= 0.6 is 0 Å². The van der Waals surface area contributed by atoms with Crippen molar-refractivity contribution < 1.29 is 23.5 Å². The lowest BCUT2D eigenvalue weighted by molar-refractivity contribution is -0.147. The first-order chi connectivity index (χ1) is 24.0. The highest BCUT2D eigenvalue weighted by atomic mass is 16.5. The average Bonchev–Trinajstić information content (AvgIpc) is 3.35. The maximum Gasteiger partial charge on any atom is 0.310 e. The Hall–Kier alpha value is -4.91. The standard InChI is InChI=1S/C22H28N2O2.C22H26O3/c1-7-17-8-10-18(11-9-17)20(25)23-24(22(4,5)6)21(26)19-13-15(2)12-16(3)14-19;1-15(2)10-19-20(22(19,3)4)21(23)25-14-17-12-18(24-13-17)11-16-8-6-5-7-9-16/h8-14H,7H2,1-6H3,(H,23,25);5-10,12-13,19-20H,11,14H2,1-4H3. The molecule has 0 spiro atoms. The number of nitrogens with one attached hydrogen (secondary N) is 1. The SMILES string of the molecule is CC(C)=CC1C(C(=O)OCc2coc(Cc3ccccc3)c2)C1(C)C.CCc1ccc(C(=O)NN(C(=O)c2cc(C)cc(C)c2)C(C)(C)C)cc1. The van der Waals surface area contributed by atoms with Crippen LogP contribution in [0.2, 0.25) is 0 Å². The summed E-state index contributed by atoms with van der Waals surface area (Å²) in [5, 5.41) is 1.41. The van der Waals surface area contributed by atoms with E-state index >= 15 is 0 Å². The molecule has 1 aliphatic carbocycles. The molecule has 2 atom stereocenters. The highest BCUT2D eigenvalue weighted by Gasteiger charge is 2.61. The minimum Gasteiger partial charge on any atom is -0.469 e. The van der Waals surface area contributed by atoms with E-state index in [9.17, 15) is 14.4 Å². The van der Waals surface area contributed by atoms with Gasteiger partial charge in [0.2, 0.25) is 0 Å². The first-order valence-electron chi connectivity index (χ1n) is 17.7. The predicted molar refractivity (Wildman–Crippen MR) is 203 cm³/mol. The lowest BCUT2D eigenvalue weighted by Gasteiger charge is -2.35. The summed E-state index contributed by atoms with van der Waals surface area (Å²) in [7, 11) is 0. The highest BCUT2D eigenvalue weighted by molar-refractivity contribution is 5.99. The average molecular weight is 691 g/mol. The lowest BCUT2D eigenvalue weighted by Crippen LogP contribution is -2.55. The predicted octanol–water partition coefficient (Wildman–Crippen LogP) is 9.60. The summed E-state index contributed by atoms with van der Waals surface area (Å²) in [4.78, 5) is 38.1. The van der Waals surface area contributed by atoms with Gasteiger partial charge in [-0.3, -0.25) is 19.8 Å². The minimum atomic E-state index is -0.562. The first kappa shape index (κ1) is 38.9. The van der Waals surface area contributed by atoms with Crippen LogP contribution in [-0.4, -0.2) is 28.3 Å². The van der Waals surface area contributed by atoms with Crippen LogP contribution in [0.25, 0.3) is 0 Å². The molecule has 1 fully saturated rings.